The summed E-state index contributed by atoms with van der Waals surface area (Å²) in [5, 5.41) is 0.0121. The van der Waals surface area contributed by atoms with Crippen LogP contribution in [0.15, 0.2) is 0 Å². The van der Waals surface area contributed by atoms with Crippen molar-refractivity contribution < 1.29 is 4.79 Å². The molecule has 0 amide bonds. The molecule has 0 radical (unpaired) electrons. The van der Waals surface area contributed by atoms with Crippen molar-refractivity contribution in [2.75, 3.05) is 5.34 Å². The third kappa shape index (κ3) is 29.2. The molecule has 0 heterocycles. The third-order valence-electron chi connectivity index (χ3n) is 3.48. The smallest absolute Gasteiger partial charge is 0.221 e. The van der Waals surface area contributed by atoms with Crippen LogP contribution in [0.2, 0.25) is 0 Å². The summed E-state index contributed by atoms with van der Waals surface area (Å²) in [6.07, 6.45) is 17.9. The molecule has 0 aliphatic heterocycles. The van der Waals surface area contributed by atoms with Gasteiger partial charge in [-0.3, -0.25) is 4.79 Å². The lowest BCUT2D eigenvalue weighted by Crippen LogP contribution is -1.86. The molecule has 0 spiro atoms. The van der Waals surface area contributed by atoms with Crippen molar-refractivity contribution in [2.24, 2.45) is 0 Å². The summed E-state index contributed by atoms with van der Waals surface area (Å²) in [7, 11) is 0. The maximum absolute atomic E-state index is 10.5. The maximum atomic E-state index is 10.5. The predicted molar refractivity (Wildman–Crippen MR) is 97.7 cm³/mol. The fraction of sp³-hybridized carbons (Fsp3) is 0.941. The molecule has 0 aromatic carbocycles. The summed E-state index contributed by atoms with van der Waals surface area (Å²) < 4.78 is 0. The first kappa shape index (κ1) is 23.8. The van der Waals surface area contributed by atoms with E-state index in [-0.39, 0.29) is 10.6 Å². The molecule has 0 atom stereocenters. The van der Waals surface area contributed by atoms with Gasteiger partial charge in [0.1, 0.15) is 0 Å². The van der Waals surface area contributed by atoms with Crippen LogP contribution in [0.25, 0.3) is 0 Å². The highest BCUT2D eigenvalue weighted by Crippen LogP contribution is 2.13. The average Bonchev–Trinajstić information content (AvgIpc) is 2.44. The number of hydrogen-bond acceptors (Lipinski definition) is 1. The van der Waals surface area contributed by atoms with Crippen molar-refractivity contribution in [3.05, 3.63) is 0 Å². The number of halogens is 3. The second-order valence-corrected chi connectivity index (χ2v) is 6.68. The molecule has 0 aliphatic rings. The minimum atomic E-state index is -0.182. The fourth-order valence-corrected chi connectivity index (χ4v) is 2.42. The molecular weight excluding hydrogens is 327 g/mol. The van der Waals surface area contributed by atoms with E-state index in [1.54, 1.807) is 0 Å². The van der Waals surface area contributed by atoms with E-state index >= 15 is 0 Å². The Morgan fingerprint density at radius 1 is 0.667 bits per heavy atom. The maximum Gasteiger partial charge on any atom is 0.221 e. The Bertz CT molecular complexity index is 198. The van der Waals surface area contributed by atoms with Gasteiger partial charge in [0.15, 0.2) is 0 Å². The molecule has 1 nitrogen and oxygen atoms in total. The monoisotopic (exact) mass is 358 g/mol. The van der Waals surface area contributed by atoms with Gasteiger partial charge in [0, 0.05) is 6.42 Å². The normalized spacial score (nSPS) is 10.1. The van der Waals surface area contributed by atoms with Crippen LogP contribution in [0.3, 0.4) is 0 Å². The highest BCUT2D eigenvalue weighted by Gasteiger charge is 1.96. The molecule has 0 fully saturated rings. The fourth-order valence-electron chi connectivity index (χ4n) is 2.28. The van der Waals surface area contributed by atoms with E-state index in [0.717, 1.165) is 12.8 Å². The number of carbonyl (C=O) groups is 1. The molecule has 0 bridgehead atoms. The lowest BCUT2D eigenvalue weighted by molar-refractivity contribution is -0.111. The van der Waals surface area contributed by atoms with Gasteiger partial charge in [-0.05, 0) is 18.0 Å². The first-order valence-corrected chi connectivity index (χ1v) is 9.94. The van der Waals surface area contributed by atoms with Gasteiger partial charge in [0.05, 0.1) is 5.34 Å². The molecule has 0 aromatic rings. The Morgan fingerprint density at radius 3 is 1.24 bits per heavy atom. The summed E-state index contributed by atoms with van der Waals surface area (Å²) in [4.78, 5) is 10.5. The number of rotatable bonds is 14. The van der Waals surface area contributed by atoms with E-state index in [2.05, 4.69) is 6.92 Å². The number of alkyl halides is 2. The molecule has 0 aromatic heterocycles. The van der Waals surface area contributed by atoms with Gasteiger partial charge in [-0.1, -0.05) is 84.0 Å². The minimum absolute atomic E-state index is 0.182. The van der Waals surface area contributed by atoms with Crippen LogP contribution < -0.4 is 0 Å². The van der Waals surface area contributed by atoms with Gasteiger partial charge in [-0.2, -0.15) is 0 Å². The molecule has 0 saturated heterocycles. The van der Waals surface area contributed by atoms with Gasteiger partial charge in [0.25, 0.3) is 0 Å². The van der Waals surface area contributed by atoms with E-state index in [1.807, 2.05) is 0 Å². The Balaban J connectivity index is 0. The molecule has 4 heteroatoms. The zero-order chi connectivity index (χ0) is 16.2. The summed E-state index contributed by atoms with van der Waals surface area (Å²) in [5.74, 6) is 0. The summed E-state index contributed by atoms with van der Waals surface area (Å²) in [6.45, 7) is 2.27. The van der Waals surface area contributed by atoms with Crippen molar-refractivity contribution in [1.82, 2.24) is 0 Å². The topological polar surface area (TPSA) is 17.1 Å². The lowest BCUT2D eigenvalue weighted by Gasteiger charge is -2.02. The second-order valence-electron chi connectivity index (χ2n) is 5.45. The highest BCUT2D eigenvalue weighted by atomic mass is 35.5. The molecule has 0 saturated carbocycles. The first-order chi connectivity index (χ1) is 10.2. The minimum Gasteiger partial charge on any atom is -0.281 e. The average molecular weight is 360 g/mol. The Morgan fingerprint density at radius 2 is 0.952 bits per heavy atom. The van der Waals surface area contributed by atoms with Crippen molar-refractivity contribution in [3.8, 4) is 0 Å². The number of unbranched alkanes of at least 4 members (excludes halogenated alkanes) is 12. The van der Waals surface area contributed by atoms with Crippen LogP contribution in [0, 0.1) is 0 Å². The van der Waals surface area contributed by atoms with Gasteiger partial charge in [0.2, 0.25) is 5.24 Å². The molecular formula is C17H33Cl3O. The molecule has 0 N–H and O–H groups in total. The van der Waals surface area contributed by atoms with E-state index in [4.69, 9.17) is 34.8 Å². The van der Waals surface area contributed by atoms with Crippen molar-refractivity contribution >= 4 is 40.0 Å². The first-order valence-electron chi connectivity index (χ1n) is 8.49. The number of carbonyl (C=O) groups excluding carboxylic acids is 1. The highest BCUT2D eigenvalue weighted by molar-refractivity contribution is 6.63. The zero-order valence-electron chi connectivity index (χ0n) is 13.6. The summed E-state index contributed by atoms with van der Waals surface area (Å²) in [6, 6.07) is 0. The van der Waals surface area contributed by atoms with Crippen LogP contribution in [-0.4, -0.2) is 10.6 Å². The zero-order valence-corrected chi connectivity index (χ0v) is 15.9. The summed E-state index contributed by atoms with van der Waals surface area (Å²) >= 11 is 14.8. The van der Waals surface area contributed by atoms with E-state index in [9.17, 15) is 4.79 Å². The summed E-state index contributed by atoms with van der Waals surface area (Å²) in [5.41, 5.74) is 0. The molecule has 0 unspecified atom stereocenters. The molecule has 0 aliphatic carbocycles. The largest absolute Gasteiger partial charge is 0.281 e. The van der Waals surface area contributed by atoms with Gasteiger partial charge in [-0.25, -0.2) is 0 Å². The van der Waals surface area contributed by atoms with Crippen molar-refractivity contribution in [1.29, 1.82) is 0 Å². The standard InChI is InChI=1S/C16H31ClO.CH2Cl2/c1-2-3-4-5-6-7-8-9-10-11-12-13-14-15-16(17)18;2-1-3/h2-15H2,1H3;1H2. The molecule has 0 rings (SSSR count). The van der Waals surface area contributed by atoms with Crippen LogP contribution >= 0.6 is 34.8 Å². The van der Waals surface area contributed by atoms with Crippen LogP contribution in [0.4, 0.5) is 0 Å². The van der Waals surface area contributed by atoms with Crippen LogP contribution in [0.5, 0.6) is 0 Å². The van der Waals surface area contributed by atoms with Crippen molar-refractivity contribution in [2.45, 2.75) is 96.8 Å². The van der Waals surface area contributed by atoms with Gasteiger partial charge in [-0.15, -0.1) is 23.2 Å². The van der Waals surface area contributed by atoms with Gasteiger partial charge >= 0.3 is 0 Å². The number of hydrogen-bond donors (Lipinski definition) is 0. The predicted octanol–water partition coefficient (Wildman–Crippen LogP) is 7.65. The Hall–Kier alpha value is 0.540. The van der Waals surface area contributed by atoms with E-state index < -0.39 is 0 Å². The molecule has 128 valence electrons. The van der Waals surface area contributed by atoms with Gasteiger partial charge < -0.3 is 0 Å². The van der Waals surface area contributed by atoms with Crippen molar-refractivity contribution in [3.63, 3.8) is 0 Å². The van der Waals surface area contributed by atoms with Crippen LogP contribution in [0.1, 0.15) is 96.8 Å². The van der Waals surface area contributed by atoms with E-state index in [0.29, 0.717) is 6.42 Å². The lowest BCUT2D eigenvalue weighted by atomic mass is 10.0. The quantitative estimate of drug-likeness (QED) is 0.177. The second kappa shape index (κ2) is 22.8. The third-order valence-corrected chi connectivity index (χ3v) is 3.67. The molecule has 21 heavy (non-hydrogen) atoms. The SMILES string of the molecule is CCCCCCCCCCCCCCCC(=O)Cl.ClCCl. The Labute approximate surface area is 147 Å². The van der Waals surface area contributed by atoms with E-state index in [1.165, 1.54) is 70.6 Å². The Kier molecular flexibility index (Phi) is 25.9. The van der Waals surface area contributed by atoms with Crippen LogP contribution in [-0.2, 0) is 4.79 Å².